The Kier molecular flexibility index (Phi) is 5.91. The number of carbonyl (C=O) groups is 2. The van der Waals surface area contributed by atoms with E-state index in [4.69, 9.17) is 8.83 Å². The number of aryl methyl sites for hydroxylation is 2. The molecule has 2 heterocycles. The van der Waals surface area contributed by atoms with Gasteiger partial charge in [-0.15, -0.1) is 0 Å². The molecule has 142 valence electrons. The second-order valence-electron chi connectivity index (χ2n) is 6.12. The van der Waals surface area contributed by atoms with Gasteiger partial charge < -0.3 is 19.5 Å². The quantitative estimate of drug-likeness (QED) is 0.606. The molecule has 0 aliphatic rings. The number of hydrogen-bond acceptors (Lipinski definition) is 4. The fourth-order valence-electron chi connectivity index (χ4n) is 2.41. The third-order valence-electron chi connectivity index (χ3n) is 3.74. The molecule has 0 bridgehead atoms. The Balaban J connectivity index is 1.51. The third-order valence-corrected chi connectivity index (χ3v) is 3.74. The first kappa shape index (κ1) is 19.0. The lowest BCUT2D eigenvalue weighted by atomic mass is 10.2. The van der Waals surface area contributed by atoms with E-state index >= 15 is 0 Å². The molecule has 0 fully saturated rings. The minimum Gasteiger partial charge on any atom is -0.462 e. The second-order valence-corrected chi connectivity index (χ2v) is 6.12. The molecular formula is C22H20N2O4. The van der Waals surface area contributed by atoms with Crippen molar-refractivity contribution in [3.8, 4) is 0 Å². The van der Waals surface area contributed by atoms with Gasteiger partial charge in [-0.2, -0.15) is 0 Å². The number of rotatable bonds is 6. The lowest BCUT2D eigenvalue weighted by molar-refractivity contribution is -0.112. The van der Waals surface area contributed by atoms with Crippen LogP contribution in [0.5, 0.6) is 0 Å². The van der Waals surface area contributed by atoms with E-state index in [0.717, 1.165) is 11.5 Å². The van der Waals surface area contributed by atoms with Gasteiger partial charge >= 0.3 is 0 Å². The Labute approximate surface area is 162 Å². The van der Waals surface area contributed by atoms with Gasteiger partial charge in [-0.1, -0.05) is 0 Å². The summed E-state index contributed by atoms with van der Waals surface area (Å²) in [6.45, 7) is 3.68. The average Bonchev–Trinajstić information content (AvgIpc) is 3.28. The van der Waals surface area contributed by atoms with Crippen LogP contribution < -0.4 is 10.6 Å². The number of carbonyl (C=O) groups excluding carboxylic acids is 2. The third kappa shape index (κ3) is 5.60. The first-order valence-corrected chi connectivity index (χ1v) is 8.69. The van der Waals surface area contributed by atoms with Gasteiger partial charge in [0.05, 0.1) is 0 Å². The Morgan fingerprint density at radius 1 is 0.679 bits per heavy atom. The van der Waals surface area contributed by atoms with Crippen LogP contribution in [0.1, 0.15) is 23.0 Å². The lowest BCUT2D eigenvalue weighted by Crippen LogP contribution is -2.09. The van der Waals surface area contributed by atoms with Crippen LogP contribution in [-0.2, 0) is 9.59 Å². The van der Waals surface area contributed by atoms with Gasteiger partial charge in [0.25, 0.3) is 0 Å². The summed E-state index contributed by atoms with van der Waals surface area (Å²) in [4.78, 5) is 23.9. The first-order valence-electron chi connectivity index (χ1n) is 8.69. The van der Waals surface area contributed by atoms with Crippen molar-refractivity contribution in [2.75, 3.05) is 10.6 Å². The van der Waals surface area contributed by atoms with E-state index in [-0.39, 0.29) is 11.8 Å². The zero-order valence-electron chi connectivity index (χ0n) is 15.6. The molecule has 2 amide bonds. The van der Waals surface area contributed by atoms with Crippen molar-refractivity contribution in [2.24, 2.45) is 0 Å². The zero-order chi connectivity index (χ0) is 19.9. The molecule has 0 saturated carbocycles. The number of furan rings is 2. The van der Waals surface area contributed by atoms with Crippen LogP contribution in [0.25, 0.3) is 12.2 Å². The lowest BCUT2D eigenvalue weighted by Gasteiger charge is -2.05. The summed E-state index contributed by atoms with van der Waals surface area (Å²) in [5.74, 6) is 2.25. The maximum atomic E-state index is 11.9. The number of nitrogens with one attached hydrogen (secondary N) is 2. The van der Waals surface area contributed by atoms with E-state index < -0.39 is 0 Å². The molecule has 0 saturated heterocycles. The van der Waals surface area contributed by atoms with Crippen molar-refractivity contribution in [2.45, 2.75) is 13.8 Å². The number of anilines is 2. The van der Waals surface area contributed by atoms with Gasteiger partial charge in [-0.3, -0.25) is 9.59 Å². The highest BCUT2D eigenvalue weighted by Crippen LogP contribution is 2.15. The fraction of sp³-hybridized carbons (Fsp3) is 0.0909. The summed E-state index contributed by atoms with van der Waals surface area (Å²) in [6.07, 6.45) is 6.00. The van der Waals surface area contributed by atoms with E-state index in [0.29, 0.717) is 22.9 Å². The topological polar surface area (TPSA) is 84.5 Å². The molecule has 0 radical (unpaired) electrons. The molecular weight excluding hydrogens is 356 g/mol. The van der Waals surface area contributed by atoms with E-state index in [9.17, 15) is 9.59 Å². The molecule has 2 aromatic heterocycles. The maximum Gasteiger partial charge on any atom is 0.248 e. The fourth-order valence-corrected chi connectivity index (χ4v) is 2.41. The average molecular weight is 376 g/mol. The summed E-state index contributed by atoms with van der Waals surface area (Å²) < 4.78 is 10.7. The highest BCUT2D eigenvalue weighted by molar-refractivity contribution is 6.03. The summed E-state index contributed by atoms with van der Waals surface area (Å²) >= 11 is 0. The summed E-state index contributed by atoms with van der Waals surface area (Å²) in [5.41, 5.74) is 1.23. The molecule has 0 aliphatic heterocycles. The highest BCUT2D eigenvalue weighted by Gasteiger charge is 2.02. The smallest absolute Gasteiger partial charge is 0.248 e. The van der Waals surface area contributed by atoms with Crippen LogP contribution in [0.4, 0.5) is 11.4 Å². The number of benzene rings is 1. The Bertz CT molecular complexity index is 940. The van der Waals surface area contributed by atoms with Crippen molar-refractivity contribution in [1.82, 2.24) is 0 Å². The zero-order valence-corrected chi connectivity index (χ0v) is 15.6. The van der Waals surface area contributed by atoms with Crippen molar-refractivity contribution in [3.05, 3.63) is 83.7 Å². The molecule has 3 aromatic rings. The standard InChI is InChI=1S/C22H20N2O4/c1-15-3-9-19(27-15)11-13-21(25)23-17-5-7-18(8-6-17)24-22(26)14-12-20-10-4-16(2)28-20/h3-14H,1-2H3,(H,23,25)(H,24,26)/b13-11+,14-12+. The molecule has 2 N–H and O–H groups in total. The van der Waals surface area contributed by atoms with Crippen molar-refractivity contribution < 1.29 is 18.4 Å². The second kappa shape index (κ2) is 8.73. The van der Waals surface area contributed by atoms with Crippen molar-refractivity contribution >= 4 is 35.3 Å². The van der Waals surface area contributed by atoms with Crippen LogP contribution in [0.3, 0.4) is 0 Å². The molecule has 0 unspecified atom stereocenters. The maximum absolute atomic E-state index is 11.9. The van der Waals surface area contributed by atoms with Gasteiger partial charge in [0.1, 0.15) is 23.0 Å². The van der Waals surface area contributed by atoms with Gasteiger partial charge in [0.15, 0.2) is 0 Å². The van der Waals surface area contributed by atoms with E-state index in [1.807, 2.05) is 26.0 Å². The summed E-state index contributed by atoms with van der Waals surface area (Å²) in [5, 5.41) is 5.48. The minimum absolute atomic E-state index is 0.275. The first-order chi connectivity index (χ1) is 13.5. The SMILES string of the molecule is Cc1ccc(/C=C/C(=O)Nc2ccc(NC(=O)/C=C/c3ccc(C)o3)cc2)o1. The van der Waals surface area contributed by atoms with Crippen LogP contribution in [0, 0.1) is 13.8 Å². The van der Waals surface area contributed by atoms with E-state index in [1.165, 1.54) is 12.2 Å². The molecule has 6 nitrogen and oxygen atoms in total. The molecule has 6 heteroatoms. The van der Waals surface area contributed by atoms with Gasteiger partial charge in [0.2, 0.25) is 11.8 Å². The van der Waals surface area contributed by atoms with Gasteiger partial charge in [0, 0.05) is 23.5 Å². The molecule has 28 heavy (non-hydrogen) atoms. The van der Waals surface area contributed by atoms with Crippen LogP contribution in [0.2, 0.25) is 0 Å². The minimum atomic E-state index is -0.275. The van der Waals surface area contributed by atoms with Crippen LogP contribution >= 0.6 is 0 Å². The number of amides is 2. The predicted octanol–water partition coefficient (Wildman–Crippen LogP) is 4.79. The Hall–Kier alpha value is -3.80. The van der Waals surface area contributed by atoms with Crippen LogP contribution in [-0.4, -0.2) is 11.8 Å². The molecule has 0 aliphatic carbocycles. The predicted molar refractivity (Wildman–Crippen MR) is 109 cm³/mol. The van der Waals surface area contributed by atoms with Gasteiger partial charge in [-0.05, 0) is 74.5 Å². The molecule has 0 atom stereocenters. The summed E-state index contributed by atoms with van der Waals surface area (Å²) in [7, 11) is 0. The van der Waals surface area contributed by atoms with Gasteiger partial charge in [-0.25, -0.2) is 0 Å². The normalized spacial score (nSPS) is 11.2. The molecule has 1 aromatic carbocycles. The highest BCUT2D eigenvalue weighted by atomic mass is 16.3. The Morgan fingerprint density at radius 3 is 1.39 bits per heavy atom. The monoisotopic (exact) mass is 376 g/mol. The number of hydrogen-bond donors (Lipinski definition) is 2. The molecule has 0 spiro atoms. The van der Waals surface area contributed by atoms with Crippen LogP contribution in [0.15, 0.2) is 69.5 Å². The van der Waals surface area contributed by atoms with E-state index in [1.54, 1.807) is 48.6 Å². The van der Waals surface area contributed by atoms with Crippen molar-refractivity contribution in [3.63, 3.8) is 0 Å². The van der Waals surface area contributed by atoms with E-state index in [2.05, 4.69) is 10.6 Å². The van der Waals surface area contributed by atoms with Crippen molar-refractivity contribution in [1.29, 1.82) is 0 Å². The summed E-state index contributed by atoms with van der Waals surface area (Å²) in [6, 6.07) is 14.1. The Morgan fingerprint density at radius 2 is 1.07 bits per heavy atom. The molecule has 3 rings (SSSR count). The largest absolute Gasteiger partial charge is 0.462 e.